The van der Waals surface area contributed by atoms with Crippen molar-refractivity contribution < 1.29 is 14.3 Å². The molecule has 3 heterocycles. The Morgan fingerprint density at radius 2 is 1.92 bits per heavy atom. The zero-order chi connectivity index (χ0) is 27.5. The number of anilines is 2. The molecule has 2 saturated heterocycles. The third kappa shape index (κ3) is 6.21. The largest absolute Gasteiger partial charge is 0.453 e. The number of nitrogen functional groups attached to an aromatic ring is 1. The molecular formula is C27H40ClN5O4. The maximum absolute atomic E-state index is 13.2. The molecule has 1 aromatic heterocycles. The number of rotatable bonds is 3. The van der Waals surface area contributed by atoms with Gasteiger partial charge in [0.1, 0.15) is 5.82 Å². The van der Waals surface area contributed by atoms with E-state index in [4.69, 9.17) is 26.8 Å². The van der Waals surface area contributed by atoms with Crippen molar-refractivity contribution in [1.29, 1.82) is 0 Å². The highest BCUT2D eigenvalue weighted by Crippen LogP contribution is 2.43. The number of ether oxygens (including phenoxy) is 2. The van der Waals surface area contributed by atoms with Gasteiger partial charge in [0.15, 0.2) is 0 Å². The number of halogens is 1. The Hall–Kier alpha value is -2.78. The number of hydrogen-bond donors (Lipinski definition) is 2. The number of nitrogens with one attached hydrogen (secondary N) is 1. The monoisotopic (exact) mass is 533 g/mol. The van der Waals surface area contributed by atoms with Crippen LogP contribution in [0.5, 0.6) is 0 Å². The van der Waals surface area contributed by atoms with Crippen molar-refractivity contribution in [3.05, 3.63) is 39.1 Å². The maximum Gasteiger partial charge on any atom is 0.407 e. The van der Waals surface area contributed by atoms with Crippen LogP contribution in [0.1, 0.15) is 46.1 Å². The Morgan fingerprint density at radius 3 is 2.49 bits per heavy atom. The number of alkyl carbamates (subject to hydrolysis) is 1. The van der Waals surface area contributed by atoms with Crippen LogP contribution in [-0.4, -0.2) is 54.6 Å². The molecule has 1 spiro atoms. The van der Waals surface area contributed by atoms with E-state index in [1.807, 2.05) is 26.0 Å². The lowest BCUT2D eigenvalue weighted by Crippen LogP contribution is -2.54. The van der Waals surface area contributed by atoms with E-state index in [1.165, 1.54) is 11.7 Å². The van der Waals surface area contributed by atoms with E-state index in [1.54, 1.807) is 13.1 Å². The number of piperidine rings is 1. The predicted molar refractivity (Wildman–Crippen MR) is 148 cm³/mol. The Balaban J connectivity index is 0.000000886. The normalized spacial score (nSPS) is 20.5. The number of nitrogens with zero attached hydrogens (tertiary/aromatic N) is 3. The van der Waals surface area contributed by atoms with Gasteiger partial charge in [0.25, 0.3) is 5.56 Å². The molecular weight excluding hydrogens is 494 g/mol. The van der Waals surface area contributed by atoms with Gasteiger partial charge >= 0.3 is 6.09 Å². The van der Waals surface area contributed by atoms with Crippen LogP contribution in [0, 0.1) is 18.3 Å². The first-order valence-corrected chi connectivity index (χ1v) is 13.1. The second kappa shape index (κ2) is 11.7. The molecule has 2 aliphatic rings. The van der Waals surface area contributed by atoms with Crippen molar-refractivity contribution in [3.8, 4) is 11.1 Å². The van der Waals surface area contributed by atoms with Crippen LogP contribution >= 0.6 is 11.6 Å². The summed E-state index contributed by atoms with van der Waals surface area (Å²) in [6.45, 7) is 12.2. The summed E-state index contributed by atoms with van der Waals surface area (Å²) in [5.41, 5.74) is 7.78. The van der Waals surface area contributed by atoms with E-state index in [9.17, 15) is 9.59 Å². The van der Waals surface area contributed by atoms with Crippen molar-refractivity contribution in [2.24, 2.45) is 18.4 Å². The van der Waals surface area contributed by atoms with Gasteiger partial charge in [0.05, 0.1) is 31.4 Å². The summed E-state index contributed by atoms with van der Waals surface area (Å²) < 4.78 is 12.2. The lowest BCUT2D eigenvalue weighted by molar-refractivity contribution is 0.0968. The minimum absolute atomic E-state index is 0.102. The SMILES string of the molecule is CC(C)C.COC(=O)N[C@@H]1[C@H](C)OCC12CCN(c1nc(N)c(-c3ccc(C)c(Cl)c3)c(=O)n1C)CC2. The molecule has 0 aliphatic carbocycles. The molecule has 4 rings (SSSR count). The molecule has 10 heteroatoms. The van der Waals surface area contributed by atoms with Gasteiger partial charge in [-0.2, -0.15) is 4.98 Å². The minimum Gasteiger partial charge on any atom is -0.453 e. The van der Waals surface area contributed by atoms with Gasteiger partial charge in [-0.3, -0.25) is 9.36 Å². The van der Waals surface area contributed by atoms with E-state index >= 15 is 0 Å². The molecule has 204 valence electrons. The van der Waals surface area contributed by atoms with E-state index < -0.39 is 6.09 Å². The molecule has 0 radical (unpaired) electrons. The molecule has 0 unspecified atom stereocenters. The Morgan fingerprint density at radius 1 is 1.30 bits per heavy atom. The molecule has 2 aliphatic heterocycles. The third-order valence-corrected chi connectivity index (χ3v) is 7.43. The van der Waals surface area contributed by atoms with Gasteiger partial charge < -0.3 is 25.4 Å². The maximum atomic E-state index is 13.2. The van der Waals surface area contributed by atoms with E-state index in [-0.39, 0.29) is 28.9 Å². The summed E-state index contributed by atoms with van der Waals surface area (Å²) in [7, 11) is 3.06. The van der Waals surface area contributed by atoms with Gasteiger partial charge in [-0.15, -0.1) is 0 Å². The van der Waals surface area contributed by atoms with Gasteiger partial charge in [-0.05, 0) is 49.8 Å². The van der Waals surface area contributed by atoms with Crippen LogP contribution in [0.3, 0.4) is 0 Å². The second-order valence-corrected chi connectivity index (χ2v) is 11.1. The van der Waals surface area contributed by atoms with Crippen LogP contribution in [0.4, 0.5) is 16.6 Å². The second-order valence-electron chi connectivity index (χ2n) is 10.7. The minimum atomic E-state index is -0.456. The zero-order valence-electron chi connectivity index (χ0n) is 22.9. The molecule has 37 heavy (non-hydrogen) atoms. The fourth-order valence-electron chi connectivity index (χ4n) is 4.95. The zero-order valence-corrected chi connectivity index (χ0v) is 23.7. The van der Waals surface area contributed by atoms with Crippen LogP contribution in [0.2, 0.25) is 5.02 Å². The molecule has 3 N–H and O–H groups in total. The van der Waals surface area contributed by atoms with Crippen molar-refractivity contribution in [1.82, 2.24) is 14.9 Å². The summed E-state index contributed by atoms with van der Waals surface area (Å²) in [6.07, 6.45) is 0.992. The average Bonchev–Trinajstić information content (AvgIpc) is 3.13. The number of hydrogen-bond acceptors (Lipinski definition) is 7. The molecule has 1 amide bonds. The number of aromatic nitrogens is 2. The summed E-state index contributed by atoms with van der Waals surface area (Å²) >= 11 is 6.26. The van der Waals surface area contributed by atoms with Gasteiger partial charge in [-0.1, -0.05) is 44.5 Å². The molecule has 9 nitrogen and oxygen atoms in total. The quantitative estimate of drug-likeness (QED) is 0.602. The van der Waals surface area contributed by atoms with Gasteiger partial charge in [0.2, 0.25) is 5.95 Å². The highest BCUT2D eigenvalue weighted by molar-refractivity contribution is 6.31. The van der Waals surface area contributed by atoms with Crippen molar-refractivity contribution in [3.63, 3.8) is 0 Å². The van der Waals surface area contributed by atoms with E-state index in [0.29, 0.717) is 41.8 Å². The van der Waals surface area contributed by atoms with Gasteiger partial charge in [0, 0.05) is 30.6 Å². The van der Waals surface area contributed by atoms with E-state index in [0.717, 1.165) is 24.3 Å². The third-order valence-electron chi connectivity index (χ3n) is 7.02. The highest BCUT2D eigenvalue weighted by atomic mass is 35.5. The smallest absolute Gasteiger partial charge is 0.407 e. The van der Waals surface area contributed by atoms with Gasteiger partial charge in [-0.25, -0.2) is 4.79 Å². The molecule has 0 saturated carbocycles. The van der Waals surface area contributed by atoms with Crippen LogP contribution in [0.25, 0.3) is 11.1 Å². The van der Waals surface area contributed by atoms with Crippen LogP contribution in [-0.2, 0) is 16.5 Å². The summed E-state index contributed by atoms with van der Waals surface area (Å²) in [6, 6.07) is 5.29. The summed E-state index contributed by atoms with van der Waals surface area (Å²) in [5.74, 6) is 1.54. The van der Waals surface area contributed by atoms with Crippen molar-refractivity contribution in [2.75, 3.05) is 37.4 Å². The number of carbonyl (C=O) groups is 1. The molecule has 0 bridgehead atoms. The first kappa shape index (κ1) is 28.8. The Labute approximate surface area is 224 Å². The average molecular weight is 534 g/mol. The molecule has 2 atom stereocenters. The standard InChI is InChI=1S/C23H30ClN5O4.C4H10/c1-13-5-6-15(11-16(13)24)17-19(25)27-21(28(3)20(17)30)29-9-7-23(8-10-29)12-33-14(2)18(23)26-22(31)32-4;1-4(2)3/h5-6,11,14,18H,7-10,12,25H2,1-4H3,(H,26,31);4H,1-3H3/t14-,18+;/m0./s1. The predicted octanol–water partition coefficient (Wildman–Crippen LogP) is 4.38. The summed E-state index contributed by atoms with van der Waals surface area (Å²) in [5, 5.41) is 3.52. The topological polar surface area (TPSA) is 112 Å². The van der Waals surface area contributed by atoms with Crippen molar-refractivity contribution >= 4 is 29.5 Å². The highest BCUT2D eigenvalue weighted by Gasteiger charge is 2.50. The summed E-state index contributed by atoms with van der Waals surface area (Å²) in [4.78, 5) is 31.8. The number of aryl methyl sites for hydroxylation is 1. The Kier molecular flexibility index (Phi) is 9.13. The number of carbonyl (C=O) groups excluding carboxylic acids is 1. The van der Waals surface area contributed by atoms with Crippen LogP contribution < -0.4 is 21.5 Å². The first-order valence-electron chi connectivity index (χ1n) is 12.7. The molecule has 2 aromatic rings. The number of benzene rings is 1. The lowest BCUT2D eigenvalue weighted by atomic mass is 9.73. The van der Waals surface area contributed by atoms with E-state index in [2.05, 4.69) is 36.0 Å². The Bertz CT molecular complexity index is 1170. The van der Waals surface area contributed by atoms with Crippen molar-refractivity contribution in [2.45, 2.75) is 59.6 Å². The van der Waals surface area contributed by atoms with Crippen LogP contribution in [0.15, 0.2) is 23.0 Å². The number of amides is 1. The fraction of sp³-hybridized carbons (Fsp3) is 0.593. The fourth-order valence-corrected chi connectivity index (χ4v) is 5.13. The lowest BCUT2D eigenvalue weighted by Gasteiger charge is -2.42. The first-order chi connectivity index (χ1) is 17.4. The molecule has 1 aromatic carbocycles. The molecule has 2 fully saturated rings. The number of methoxy groups -OCH3 is 1. The number of nitrogens with two attached hydrogens (primary N) is 1.